The molecule has 7 heteroatoms. The van der Waals surface area contributed by atoms with Crippen LogP contribution in [0.3, 0.4) is 0 Å². The van der Waals surface area contributed by atoms with Crippen molar-refractivity contribution >= 4 is 34.2 Å². The van der Waals surface area contributed by atoms with E-state index in [4.69, 9.17) is 4.98 Å². The quantitative estimate of drug-likeness (QED) is 0.487. The van der Waals surface area contributed by atoms with Crippen LogP contribution in [0.15, 0.2) is 53.7 Å². The van der Waals surface area contributed by atoms with E-state index in [0.717, 1.165) is 46.3 Å². The number of hydrogen-bond donors (Lipinski definition) is 1. The van der Waals surface area contributed by atoms with E-state index in [-0.39, 0.29) is 5.91 Å². The number of benzene rings is 2. The normalized spacial score (nSPS) is 14.6. The SMILES string of the molecule is Cc1cccc(-c2nc3ccccc3c3nnc(SCC(=O)NC4CCCC4)n23)c1. The van der Waals surface area contributed by atoms with E-state index >= 15 is 0 Å². The van der Waals surface area contributed by atoms with Gasteiger partial charge in [-0.25, -0.2) is 4.98 Å². The molecule has 1 saturated carbocycles. The van der Waals surface area contributed by atoms with E-state index in [1.807, 2.05) is 40.8 Å². The van der Waals surface area contributed by atoms with E-state index in [1.54, 1.807) is 0 Å². The maximum Gasteiger partial charge on any atom is 0.230 e. The molecule has 0 radical (unpaired) electrons. The summed E-state index contributed by atoms with van der Waals surface area (Å²) in [4.78, 5) is 17.4. The van der Waals surface area contributed by atoms with Gasteiger partial charge in [0.25, 0.3) is 0 Å². The Hall–Kier alpha value is -2.93. The number of aryl methyl sites for hydroxylation is 1. The Bertz CT molecular complexity index is 1230. The highest BCUT2D eigenvalue weighted by Gasteiger charge is 2.20. The van der Waals surface area contributed by atoms with Crippen LogP contribution in [0.25, 0.3) is 27.9 Å². The number of nitrogens with zero attached hydrogens (tertiary/aromatic N) is 4. The second-order valence-electron chi connectivity index (χ2n) is 7.80. The third-order valence-electron chi connectivity index (χ3n) is 5.55. The molecule has 0 atom stereocenters. The second kappa shape index (κ2) is 8.07. The number of fused-ring (bicyclic) bond motifs is 3. The van der Waals surface area contributed by atoms with Crippen LogP contribution in [0.5, 0.6) is 0 Å². The molecule has 0 unspecified atom stereocenters. The molecule has 152 valence electrons. The maximum absolute atomic E-state index is 12.4. The van der Waals surface area contributed by atoms with E-state index in [0.29, 0.717) is 17.0 Å². The molecule has 1 aliphatic carbocycles. The molecule has 0 aliphatic heterocycles. The third kappa shape index (κ3) is 3.65. The smallest absolute Gasteiger partial charge is 0.230 e. The monoisotopic (exact) mass is 417 g/mol. The van der Waals surface area contributed by atoms with Crippen molar-refractivity contribution in [3.63, 3.8) is 0 Å². The van der Waals surface area contributed by atoms with Crippen molar-refractivity contribution in [2.45, 2.75) is 43.8 Å². The van der Waals surface area contributed by atoms with E-state index < -0.39 is 0 Å². The van der Waals surface area contributed by atoms with Gasteiger partial charge >= 0.3 is 0 Å². The molecule has 2 aromatic carbocycles. The Balaban J connectivity index is 1.54. The van der Waals surface area contributed by atoms with Crippen LogP contribution in [0.4, 0.5) is 0 Å². The first-order valence-electron chi connectivity index (χ1n) is 10.3. The molecule has 2 aromatic heterocycles. The van der Waals surface area contributed by atoms with Crippen LogP contribution >= 0.6 is 11.8 Å². The minimum absolute atomic E-state index is 0.0505. The van der Waals surface area contributed by atoms with Gasteiger partial charge in [-0.3, -0.25) is 9.20 Å². The van der Waals surface area contributed by atoms with Crippen LogP contribution in [0.2, 0.25) is 0 Å². The van der Waals surface area contributed by atoms with Gasteiger partial charge in [0.05, 0.1) is 11.3 Å². The predicted molar refractivity (Wildman–Crippen MR) is 120 cm³/mol. The molecule has 2 heterocycles. The van der Waals surface area contributed by atoms with Crippen LogP contribution < -0.4 is 5.32 Å². The summed E-state index contributed by atoms with van der Waals surface area (Å²) in [7, 11) is 0. The highest BCUT2D eigenvalue weighted by atomic mass is 32.2. The van der Waals surface area contributed by atoms with Gasteiger partial charge in [0, 0.05) is 17.0 Å². The van der Waals surface area contributed by atoms with Crippen LogP contribution in [0, 0.1) is 6.92 Å². The van der Waals surface area contributed by atoms with Crippen molar-refractivity contribution in [1.82, 2.24) is 24.9 Å². The number of carbonyl (C=O) groups is 1. The average molecular weight is 418 g/mol. The summed E-state index contributed by atoms with van der Waals surface area (Å²) in [5.74, 6) is 1.16. The van der Waals surface area contributed by atoms with Crippen LogP contribution in [-0.2, 0) is 4.79 Å². The molecule has 1 N–H and O–H groups in total. The van der Waals surface area contributed by atoms with E-state index in [9.17, 15) is 4.79 Å². The lowest BCUT2D eigenvalue weighted by molar-refractivity contribution is -0.119. The highest BCUT2D eigenvalue weighted by Crippen LogP contribution is 2.29. The van der Waals surface area contributed by atoms with E-state index in [2.05, 4.69) is 34.6 Å². The molecule has 0 bridgehead atoms. The maximum atomic E-state index is 12.4. The van der Waals surface area contributed by atoms with Gasteiger partial charge in [-0.05, 0) is 38.0 Å². The molecule has 0 spiro atoms. The standard InChI is InChI=1S/C23H23N5OS/c1-15-7-6-8-16(13-15)21-25-19-12-5-4-11-18(19)22-26-27-23(28(21)22)30-14-20(29)24-17-9-2-3-10-17/h4-8,11-13,17H,2-3,9-10,14H2,1H3,(H,24,29). The molecular weight excluding hydrogens is 394 g/mol. The lowest BCUT2D eigenvalue weighted by atomic mass is 10.1. The molecule has 1 aliphatic rings. The number of aromatic nitrogens is 4. The molecule has 0 saturated heterocycles. The number of rotatable bonds is 5. The number of thioether (sulfide) groups is 1. The lowest BCUT2D eigenvalue weighted by Crippen LogP contribution is -2.33. The molecule has 4 aromatic rings. The van der Waals surface area contributed by atoms with Crippen molar-refractivity contribution < 1.29 is 4.79 Å². The lowest BCUT2D eigenvalue weighted by Gasteiger charge is -2.12. The Morgan fingerprint density at radius 1 is 1.13 bits per heavy atom. The third-order valence-corrected chi connectivity index (χ3v) is 6.47. The van der Waals surface area contributed by atoms with Gasteiger partial charge in [-0.15, -0.1) is 10.2 Å². The topological polar surface area (TPSA) is 72.2 Å². The first-order valence-corrected chi connectivity index (χ1v) is 11.3. The Morgan fingerprint density at radius 3 is 2.80 bits per heavy atom. The van der Waals surface area contributed by atoms with Crippen molar-refractivity contribution in [2.75, 3.05) is 5.75 Å². The molecular formula is C23H23N5OS. The minimum atomic E-state index is 0.0505. The van der Waals surface area contributed by atoms with Crippen LogP contribution in [0.1, 0.15) is 31.2 Å². The summed E-state index contributed by atoms with van der Waals surface area (Å²) in [6, 6.07) is 16.5. The number of carbonyl (C=O) groups excluding carboxylic acids is 1. The number of amides is 1. The van der Waals surface area contributed by atoms with Gasteiger partial charge in [0.1, 0.15) is 5.82 Å². The van der Waals surface area contributed by atoms with E-state index in [1.165, 1.54) is 24.6 Å². The predicted octanol–water partition coefficient (Wildman–Crippen LogP) is 4.40. The first-order chi connectivity index (χ1) is 14.7. The van der Waals surface area contributed by atoms with Crippen molar-refractivity contribution in [2.24, 2.45) is 0 Å². The van der Waals surface area contributed by atoms with Gasteiger partial charge in [0.15, 0.2) is 10.8 Å². The fraction of sp³-hybridized carbons (Fsp3) is 0.304. The Morgan fingerprint density at radius 2 is 1.97 bits per heavy atom. The highest BCUT2D eigenvalue weighted by molar-refractivity contribution is 7.99. The molecule has 1 amide bonds. The zero-order valence-corrected chi connectivity index (χ0v) is 17.7. The van der Waals surface area contributed by atoms with Crippen molar-refractivity contribution in [3.8, 4) is 11.4 Å². The van der Waals surface area contributed by atoms with Gasteiger partial charge in [-0.1, -0.05) is 60.5 Å². The summed E-state index contributed by atoms with van der Waals surface area (Å²) in [5, 5.41) is 13.6. The summed E-state index contributed by atoms with van der Waals surface area (Å²) in [6.45, 7) is 2.07. The summed E-state index contributed by atoms with van der Waals surface area (Å²) in [6.07, 6.45) is 4.56. The average Bonchev–Trinajstić information content (AvgIpc) is 3.42. The molecule has 1 fully saturated rings. The number of nitrogens with one attached hydrogen (secondary N) is 1. The second-order valence-corrected chi connectivity index (χ2v) is 8.74. The largest absolute Gasteiger partial charge is 0.353 e. The fourth-order valence-corrected chi connectivity index (χ4v) is 4.84. The van der Waals surface area contributed by atoms with Crippen molar-refractivity contribution in [3.05, 3.63) is 54.1 Å². The first kappa shape index (κ1) is 19.1. The molecule has 6 nitrogen and oxygen atoms in total. The summed E-state index contributed by atoms with van der Waals surface area (Å²) >= 11 is 1.41. The Kier molecular flexibility index (Phi) is 5.12. The van der Waals surface area contributed by atoms with Crippen LogP contribution in [-0.4, -0.2) is 37.3 Å². The number of para-hydroxylation sites is 1. The van der Waals surface area contributed by atoms with Gasteiger partial charge in [-0.2, -0.15) is 0 Å². The fourth-order valence-electron chi connectivity index (χ4n) is 4.10. The minimum Gasteiger partial charge on any atom is -0.353 e. The Labute approximate surface area is 179 Å². The summed E-state index contributed by atoms with van der Waals surface area (Å²) in [5.41, 5.74) is 3.80. The molecule has 30 heavy (non-hydrogen) atoms. The number of hydrogen-bond acceptors (Lipinski definition) is 5. The van der Waals surface area contributed by atoms with Gasteiger partial charge < -0.3 is 5.32 Å². The zero-order chi connectivity index (χ0) is 20.5. The van der Waals surface area contributed by atoms with Gasteiger partial charge in [0.2, 0.25) is 5.91 Å². The summed E-state index contributed by atoms with van der Waals surface area (Å²) < 4.78 is 1.98. The molecule has 5 rings (SSSR count). The zero-order valence-electron chi connectivity index (χ0n) is 16.8. The van der Waals surface area contributed by atoms with Crippen molar-refractivity contribution in [1.29, 1.82) is 0 Å².